The normalized spacial score (nSPS) is 11.9. The van der Waals surface area contributed by atoms with Crippen LogP contribution in [0.25, 0.3) is 0 Å². The summed E-state index contributed by atoms with van der Waals surface area (Å²) in [6, 6.07) is 0. The highest BCUT2D eigenvalue weighted by Crippen LogP contribution is 2.01. The molecule has 0 radical (unpaired) electrons. The van der Waals surface area contributed by atoms with Crippen molar-refractivity contribution in [3.63, 3.8) is 0 Å². The van der Waals surface area contributed by atoms with E-state index in [0.29, 0.717) is 13.2 Å². The number of rotatable bonds is 8. The van der Waals surface area contributed by atoms with Crippen molar-refractivity contribution in [3.8, 4) is 0 Å². The number of ether oxygens (including phenoxy) is 3. The van der Waals surface area contributed by atoms with Crippen LogP contribution in [-0.2, 0) is 19.0 Å². The zero-order valence-corrected chi connectivity index (χ0v) is 9.32. The summed E-state index contributed by atoms with van der Waals surface area (Å²) in [6.07, 6.45) is 1.04. The molecule has 0 rings (SSSR count). The van der Waals surface area contributed by atoms with Crippen molar-refractivity contribution in [3.05, 3.63) is 24.8 Å². The third-order valence-corrected chi connectivity index (χ3v) is 1.48. The van der Waals surface area contributed by atoms with E-state index in [4.69, 9.17) is 14.2 Å². The first-order chi connectivity index (χ1) is 7.11. The van der Waals surface area contributed by atoms with Crippen LogP contribution in [0.5, 0.6) is 0 Å². The Morgan fingerprint density at radius 3 is 2.73 bits per heavy atom. The minimum atomic E-state index is -0.557. The number of carbonyl (C=O) groups is 1. The highest BCUT2D eigenvalue weighted by Gasteiger charge is 2.12. The smallest absolute Gasteiger partial charge is 0.338 e. The molecule has 0 saturated carbocycles. The van der Waals surface area contributed by atoms with Crippen molar-refractivity contribution in [2.24, 2.45) is 0 Å². The molecule has 0 aromatic rings. The van der Waals surface area contributed by atoms with Crippen molar-refractivity contribution >= 4 is 5.97 Å². The molecule has 4 nitrogen and oxygen atoms in total. The Hall–Kier alpha value is -1.13. The Bertz CT molecular complexity index is 223. The van der Waals surface area contributed by atoms with Gasteiger partial charge in [0.1, 0.15) is 0 Å². The van der Waals surface area contributed by atoms with Gasteiger partial charge in [0, 0.05) is 6.61 Å². The molecule has 0 spiro atoms. The number of carbonyl (C=O) groups excluding carboxylic acids is 1. The van der Waals surface area contributed by atoms with Crippen LogP contribution in [0.2, 0.25) is 0 Å². The summed E-state index contributed by atoms with van der Waals surface area (Å²) in [6.45, 7) is 11.5. The predicted molar refractivity (Wildman–Crippen MR) is 57.3 cm³/mol. The van der Waals surface area contributed by atoms with Gasteiger partial charge in [-0.25, -0.2) is 4.79 Å². The predicted octanol–water partition coefficient (Wildman–Crippen LogP) is 1.67. The van der Waals surface area contributed by atoms with Crippen molar-refractivity contribution < 1.29 is 19.0 Å². The highest BCUT2D eigenvalue weighted by atomic mass is 16.7. The van der Waals surface area contributed by atoms with Gasteiger partial charge in [-0.05, 0) is 13.8 Å². The molecule has 0 aromatic carbocycles. The second-order valence-electron chi connectivity index (χ2n) is 2.84. The first kappa shape index (κ1) is 13.9. The minimum Gasteiger partial charge on any atom is -0.433 e. The zero-order valence-electron chi connectivity index (χ0n) is 9.32. The SMILES string of the molecule is C=CCOCC(=C)C(=O)OC(C)OCC. The lowest BCUT2D eigenvalue weighted by Crippen LogP contribution is -2.20. The molecule has 0 aromatic heterocycles. The van der Waals surface area contributed by atoms with Gasteiger partial charge < -0.3 is 14.2 Å². The van der Waals surface area contributed by atoms with Gasteiger partial charge in [-0.2, -0.15) is 0 Å². The van der Waals surface area contributed by atoms with Crippen LogP contribution in [0.15, 0.2) is 24.8 Å². The van der Waals surface area contributed by atoms with E-state index in [-0.39, 0.29) is 12.2 Å². The lowest BCUT2D eigenvalue weighted by atomic mass is 10.3. The molecule has 0 aliphatic heterocycles. The molecule has 86 valence electrons. The molecule has 0 amide bonds. The standard InChI is InChI=1S/C11H18O4/c1-5-7-13-8-9(3)11(12)15-10(4)14-6-2/h5,10H,1,3,6-8H2,2,4H3. The fraction of sp³-hybridized carbons (Fsp3) is 0.545. The van der Waals surface area contributed by atoms with Gasteiger partial charge in [0.25, 0.3) is 0 Å². The Kier molecular flexibility index (Phi) is 7.58. The Morgan fingerprint density at radius 1 is 1.53 bits per heavy atom. The van der Waals surface area contributed by atoms with E-state index in [9.17, 15) is 4.79 Å². The van der Waals surface area contributed by atoms with Gasteiger partial charge in [0.15, 0.2) is 6.29 Å². The van der Waals surface area contributed by atoms with E-state index >= 15 is 0 Å². The van der Waals surface area contributed by atoms with Crippen molar-refractivity contribution in [2.45, 2.75) is 20.1 Å². The highest BCUT2D eigenvalue weighted by molar-refractivity contribution is 5.88. The fourth-order valence-corrected chi connectivity index (χ4v) is 0.827. The van der Waals surface area contributed by atoms with Crippen molar-refractivity contribution in [1.82, 2.24) is 0 Å². The van der Waals surface area contributed by atoms with Gasteiger partial charge >= 0.3 is 5.97 Å². The third-order valence-electron chi connectivity index (χ3n) is 1.48. The molecule has 0 fully saturated rings. The van der Waals surface area contributed by atoms with E-state index in [2.05, 4.69) is 13.2 Å². The van der Waals surface area contributed by atoms with Crippen LogP contribution < -0.4 is 0 Å². The van der Waals surface area contributed by atoms with E-state index in [1.54, 1.807) is 13.0 Å². The summed E-state index contributed by atoms with van der Waals surface area (Å²) in [5, 5.41) is 0. The summed E-state index contributed by atoms with van der Waals surface area (Å²) >= 11 is 0. The molecule has 0 aliphatic carbocycles. The minimum absolute atomic E-state index is 0.143. The molecule has 15 heavy (non-hydrogen) atoms. The zero-order chi connectivity index (χ0) is 11.7. The van der Waals surface area contributed by atoms with Crippen molar-refractivity contribution in [2.75, 3.05) is 19.8 Å². The molecule has 0 saturated heterocycles. The largest absolute Gasteiger partial charge is 0.433 e. The van der Waals surface area contributed by atoms with Gasteiger partial charge in [0.05, 0.1) is 18.8 Å². The lowest BCUT2D eigenvalue weighted by Gasteiger charge is -2.13. The Morgan fingerprint density at radius 2 is 2.20 bits per heavy atom. The maximum atomic E-state index is 11.3. The van der Waals surface area contributed by atoms with Crippen LogP contribution in [0.1, 0.15) is 13.8 Å². The monoisotopic (exact) mass is 214 g/mol. The first-order valence-corrected chi connectivity index (χ1v) is 4.80. The summed E-state index contributed by atoms with van der Waals surface area (Å²) in [7, 11) is 0. The van der Waals surface area contributed by atoms with Gasteiger partial charge in [-0.15, -0.1) is 6.58 Å². The van der Waals surface area contributed by atoms with Crippen LogP contribution in [-0.4, -0.2) is 32.1 Å². The lowest BCUT2D eigenvalue weighted by molar-refractivity contribution is -0.169. The Labute approximate surface area is 90.5 Å². The van der Waals surface area contributed by atoms with Gasteiger partial charge in [-0.1, -0.05) is 12.7 Å². The summed E-state index contributed by atoms with van der Waals surface area (Å²) in [5.41, 5.74) is 0.267. The molecule has 4 heteroatoms. The van der Waals surface area contributed by atoms with E-state index < -0.39 is 12.3 Å². The Balaban J connectivity index is 3.78. The molecule has 1 unspecified atom stereocenters. The summed E-state index contributed by atoms with van der Waals surface area (Å²) < 4.78 is 15.0. The molecule has 0 N–H and O–H groups in total. The average molecular weight is 214 g/mol. The second kappa shape index (κ2) is 8.20. The maximum Gasteiger partial charge on any atom is 0.338 e. The van der Waals surface area contributed by atoms with E-state index in [0.717, 1.165) is 0 Å². The van der Waals surface area contributed by atoms with Gasteiger partial charge in [0.2, 0.25) is 0 Å². The molecule has 1 atom stereocenters. The number of hydrogen-bond donors (Lipinski definition) is 0. The molecular weight excluding hydrogens is 196 g/mol. The fourth-order valence-electron chi connectivity index (χ4n) is 0.827. The molecular formula is C11H18O4. The quantitative estimate of drug-likeness (QED) is 0.203. The number of esters is 1. The summed E-state index contributed by atoms with van der Waals surface area (Å²) in [4.78, 5) is 11.3. The van der Waals surface area contributed by atoms with E-state index in [1.165, 1.54) is 0 Å². The van der Waals surface area contributed by atoms with Crippen LogP contribution >= 0.6 is 0 Å². The molecule has 0 aliphatic rings. The van der Waals surface area contributed by atoms with Crippen LogP contribution in [0.4, 0.5) is 0 Å². The topological polar surface area (TPSA) is 44.8 Å². The summed E-state index contributed by atoms with van der Waals surface area (Å²) in [5.74, 6) is -0.500. The molecule has 0 bridgehead atoms. The van der Waals surface area contributed by atoms with Gasteiger partial charge in [-0.3, -0.25) is 0 Å². The van der Waals surface area contributed by atoms with Crippen LogP contribution in [0, 0.1) is 0 Å². The van der Waals surface area contributed by atoms with Crippen molar-refractivity contribution in [1.29, 1.82) is 0 Å². The number of hydrogen-bond acceptors (Lipinski definition) is 4. The first-order valence-electron chi connectivity index (χ1n) is 4.80. The van der Waals surface area contributed by atoms with Crippen LogP contribution in [0.3, 0.4) is 0 Å². The molecule has 0 heterocycles. The average Bonchev–Trinajstić information content (AvgIpc) is 2.18. The van der Waals surface area contributed by atoms with E-state index in [1.807, 2.05) is 6.92 Å². The third kappa shape index (κ3) is 6.88. The second-order valence-corrected chi connectivity index (χ2v) is 2.84. The maximum absolute atomic E-state index is 11.3.